The molecule has 102 valence electrons. The predicted molar refractivity (Wildman–Crippen MR) is 62.9 cm³/mol. The molecule has 0 rings (SSSR count). The first-order valence-electron chi connectivity index (χ1n) is 6.24. The number of nitrogens with two attached hydrogens (primary N) is 1. The summed E-state index contributed by atoms with van der Waals surface area (Å²) in [6.07, 6.45) is 3.89. The number of rotatable bonds is 9. The average Bonchev–Trinajstić information content (AvgIpc) is 2.24. The van der Waals surface area contributed by atoms with Crippen molar-refractivity contribution in [1.82, 2.24) is 0 Å². The van der Waals surface area contributed by atoms with E-state index >= 15 is 0 Å². The van der Waals surface area contributed by atoms with Crippen molar-refractivity contribution in [1.29, 1.82) is 0 Å². The maximum absolute atomic E-state index is 13.3. The Kier molecular flexibility index (Phi) is 8.04. The van der Waals surface area contributed by atoms with Crippen LogP contribution >= 0.6 is 0 Å². The smallest absolute Gasteiger partial charge is 0.377 e. The van der Waals surface area contributed by atoms with Gasteiger partial charge in [0, 0.05) is 12.5 Å². The first kappa shape index (κ1) is 16.3. The van der Waals surface area contributed by atoms with Gasteiger partial charge < -0.3 is 10.5 Å². The standard InChI is InChI=1S/C12H23F2NO2/c1-3-5-6-7-8-10(15)9-12(13,14)11(16)17-4-2/h10H,3-9,15H2,1-2H3. The summed E-state index contributed by atoms with van der Waals surface area (Å²) in [7, 11) is 0. The lowest BCUT2D eigenvalue weighted by Gasteiger charge is -2.18. The topological polar surface area (TPSA) is 52.3 Å². The lowest BCUT2D eigenvalue weighted by atomic mass is 10.0. The van der Waals surface area contributed by atoms with Gasteiger partial charge in [-0.25, -0.2) is 4.79 Å². The molecule has 0 amide bonds. The fourth-order valence-corrected chi connectivity index (χ4v) is 1.58. The van der Waals surface area contributed by atoms with Crippen LogP contribution in [0.2, 0.25) is 0 Å². The van der Waals surface area contributed by atoms with Crippen molar-refractivity contribution in [3.8, 4) is 0 Å². The zero-order valence-electron chi connectivity index (χ0n) is 10.7. The molecule has 1 unspecified atom stereocenters. The molecule has 0 aromatic rings. The Morgan fingerprint density at radius 3 is 2.47 bits per heavy atom. The molecule has 1 atom stereocenters. The fourth-order valence-electron chi connectivity index (χ4n) is 1.58. The molecule has 0 aliphatic rings. The molecule has 0 heterocycles. The molecule has 0 spiro atoms. The summed E-state index contributed by atoms with van der Waals surface area (Å²) >= 11 is 0. The van der Waals surface area contributed by atoms with Crippen LogP contribution in [0.15, 0.2) is 0 Å². The van der Waals surface area contributed by atoms with Crippen LogP contribution in [-0.2, 0) is 9.53 Å². The highest BCUT2D eigenvalue weighted by atomic mass is 19.3. The number of carbonyl (C=O) groups excluding carboxylic acids is 1. The molecular formula is C12H23F2NO2. The highest BCUT2D eigenvalue weighted by molar-refractivity contribution is 5.77. The predicted octanol–water partition coefficient (Wildman–Crippen LogP) is 2.87. The second-order valence-corrected chi connectivity index (χ2v) is 4.24. The molecule has 0 aromatic carbocycles. The van der Waals surface area contributed by atoms with Gasteiger partial charge in [0.1, 0.15) is 0 Å². The summed E-state index contributed by atoms with van der Waals surface area (Å²) in [4.78, 5) is 10.9. The minimum absolute atomic E-state index is 0.0415. The molecule has 0 saturated carbocycles. The van der Waals surface area contributed by atoms with Crippen molar-refractivity contribution in [2.24, 2.45) is 5.73 Å². The Morgan fingerprint density at radius 1 is 1.29 bits per heavy atom. The van der Waals surface area contributed by atoms with Gasteiger partial charge in [-0.15, -0.1) is 0 Å². The number of ether oxygens (including phenoxy) is 1. The summed E-state index contributed by atoms with van der Waals surface area (Å²) < 4.78 is 30.9. The minimum Gasteiger partial charge on any atom is -0.462 e. The van der Waals surface area contributed by atoms with Crippen molar-refractivity contribution in [2.45, 2.75) is 64.3 Å². The SMILES string of the molecule is CCCCCCC(N)CC(F)(F)C(=O)OCC. The van der Waals surface area contributed by atoms with Gasteiger partial charge in [-0.05, 0) is 13.3 Å². The van der Waals surface area contributed by atoms with Gasteiger partial charge in [0.25, 0.3) is 0 Å². The van der Waals surface area contributed by atoms with Crippen LogP contribution in [0.25, 0.3) is 0 Å². The molecular weight excluding hydrogens is 228 g/mol. The van der Waals surface area contributed by atoms with Crippen LogP contribution < -0.4 is 5.73 Å². The highest BCUT2D eigenvalue weighted by Gasteiger charge is 2.41. The van der Waals surface area contributed by atoms with Crippen LogP contribution in [-0.4, -0.2) is 24.5 Å². The maximum Gasteiger partial charge on any atom is 0.377 e. The lowest BCUT2D eigenvalue weighted by molar-refractivity contribution is -0.173. The second-order valence-electron chi connectivity index (χ2n) is 4.24. The van der Waals surface area contributed by atoms with Crippen LogP contribution in [0, 0.1) is 0 Å². The van der Waals surface area contributed by atoms with Gasteiger partial charge in [0.15, 0.2) is 0 Å². The zero-order chi connectivity index (χ0) is 13.3. The summed E-state index contributed by atoms with van der Waals surface area (Å²) in [5.41, 5.74) is 5.59. The molecule has 17 heavy (non-hydrogen) atoms. The molecule has 5 heteroatoms. The molecule has 3 nitrogen and oxygen atoms in total. The van der Waals surface area contributed by atoms with Crippen LogP contribution in [0.1, 0.15) is 52.4 Å². The van der Waals surface area contributed by atoms with Crippen molar-refractivity contribution in [2.75, 3.05) is 6.61 Å². The Labute approximate surface area is 102 Å². The molecule has 0 saturated heterocycles. The summed E-state index contributed by atoms with van der Waals surface area (Å²) in [5, 5.41) is 0. The lowest BCUT2D eigenvalue weighted by Crippen LogP contribution is -2.37. The van der Waals surface area contributed by atoms with E-state index in [9.17, 15) is 13.6 Å². The van der Waals surface area contributed by atoms with Gasteiger partial charge in [-0.2, -0.15) is 8.78 Å². The second kappa shape index (κ2) is 8.39. The van der Waals surface area contributed by atoms with E-state index in [1.165, 1.54) is 6.92 Å². The van der Waals surface area contributed by atoms with Crippen molar-refractivity contribution < 1.29 is 18.3 Å². The highest BCUT2D eigenvalue weighted by Crippen LogP contribution is 2.23. The van der Waals surface area contributed by atoms with Gasteiger partial charge >= 0.3 is 11.9 Å². The third-order valence-electron chi connectivity index (χ3n) is 2.52. The number of hydrogen-bond acceptors (Lipinski definition) is 3. The number of alkyl halides is 2. The van der Waals surface area contributed by atoms with E-state index in [1.807, 2.05) is 0 Å². The molecule has 2 N–H and O–H groups in total. The van der Waals surface area contributed by atoms with E-state index in [0.717, 1.165) is 25.7 Å². The van der Waals surface area contributed by atoms with Crippen LogP contribution in [0.4, 0.5) is 8.78 Å². The molecule has 0 aliphatic carbocycles. The number of carbonyl (C=O) groups is 1. The Hall–Kier alpha value is -0.710. The molecule has 0 radical (unpaired) electrons. The van der Waals surface area contributed by atoms with E-state index in [-0.39, 0.29) is 6.61 Å². The van der Waals surface area contributed by atoms with Crippen molar-refractivity contribution in [3.63, 3.8) is 0 Å². The first-order valence-corrected chi connectivity index (χ1v) is 6.24. The third kappa shape index (κ3) is 7.26. The van der Waals surface area contributed by atoms with Gasteiger partial charge in [-0.1, -0.05) is 32.6 Å². The van der Waals surface area contributed by atoms with E-state index in [1.54, 1.807) is 0 Å². The zero-order valence-corrected chi connectivity index (χ0v) is 10.7. The molecule has 0 fully saturated rings. The number of halogens is 2. The number of hydrogen-bond donors (Lipinski definition) is 1. The van der Waals surface area contributed by atoms with Crippen molar-refractivity contribution >= 4 is 5.97 Å². The Morgan fingerprint density at radius 2 is 1.94 bits per heavy atom. The first-order chi connectivity index (χ1) is 7.94. The monoisotopic (exact) mass is 251 g/mol. The largest absolute Gasteiger partial charge is 0.462 e. The minimum atomic E-state index is -3.46. The Balaban J connectivity index is 3.91. The van der Waals surface area contributed by atoms with Gasteiger partial charge in [0.05, 0.1) is 6.61 Å². The quantitative estimate of drug-likeness (QED) is 0.506. The van der Waals surface area contributed by atoms with Crippen LogP contribution in [0.3, 0.4) is 0 Å². The molecule has 0 aromatic heterocycles. The van der Waals surface area contributed by atoms with Gasteiger partial charge in [0.2, 0.25) is 0 Å². The van der Waals surface area contributed by atoms with Crippen molar-refractivity contribution in [3.05, 3.63) is 0 Å². The van der Waals surface area contributed by atoms with Gasteiger partial charge in [-0.3, -0.25) is 0 Å². The van der Waals surface area contributed by atoms with E-state index in [2.05, 4.69) is 11.7 Å². The fraction of sp³-hybridized carbons (Fsp3) is 0.917. The summed E-state index contributed by atoms with van der Waals surface area (Å²) in [6.45, 7) is 3.54. The third-order valence-corrected chi connectivity index (χ3v) is 2.52. The molecule has 0 bridgehead atoms. The van der Waals surface area contributed by atoms with E-state index in [0.29, 0.717) is 6.42 Å². The van der Waals surface area contributed by atoms with E-state index < -0.39 is 24.4 Å². The van der Waals surface area contributed by atoms with Crippen LogP contribution in [0.5, 0.6) is 0 Å². The maximum atomic E-state index is 13.3. The normalized spacial score (nSPS) is 13.5. The summed E-state index contributed by atoms with van der Waals surface area (Å²) in [6, 6.07) is -0.647. The molecule has 0 aliphatic heterocycles. The number of esters is 1. The Bertz CT molecular complexity index is 223. The summed E-state index contributed by atoms with van der Waals surface area (Å²) in [5.74, 6) is -4.93. The average molecular weight is 251 g/mol. The van der Waals surface area contributed by atoms with E-state index in [4.69, 9.17) is 5.73 Å². The number of unbranched alkanes of at least 4 members (excludes halogenated alkanes) is 3.